The normalized spacial score (nSPS) is 19.7. The van der Waals surface area contributed by atoms with E-state index in [1.165, 1.54) is 6.92 Å². The Bertz CT molecular complexity index is 626. The summed E-state index contributed by atoms with van der Waals surface area (Å²) in [6.45, 7) is 5.46. The van der Waals surface area contributed by atoms with E-state index < -0.39 is 10.8 Å². The maximum absolute atomic E-state index is 12.2. The van der Waals surface area contributed by atoms with Gasteiger partial charge in [0, 0.05) is 23.6 Å². The van der Waals surface area contributed by atoms with E-state index in [1.807, 2.05) is 44.2 Å². The summed E-state index contributed by atoms with van der Waals surface area (Å²) in [5, 5.41) is 1.75. The lowest BCUT2D eigenvalue weighted by Crippen LogP contribution is -1.99. The summed E-state index contributed by atoms with van der Waals surface area (Å²) in [6, 6.07) is 7.73. The van der Waals surface area contributed by atoms with E-state index in [1.54, 1.807) is 5.41 Å². The van der Waals surface area contributed by atoms with Gasteiger partial charge in [0.15, 0.2) is 0 Å². The van der Waals surface area contributed by atoms with Crippen LogP contribution in [0.3, 0.4) is 0 Å². The molecule has 1 aliphatic rings. The van der Waals surface area contributed by atoms with Crippen molar-refractivity contribution in [3.63, 3.8) is 0 Å². The zero-order valence-electron chi connectivity index (χ0n) is 13.3. The van der Waals surface area contributed by atoms with Gasteiger partial charge in [-0.15, -0.1) is 0 Å². The van der Waals surface area contributed by atoms with E-state index in [9.17, 15) is 9.00 Å². The smallest absolute Gasteiger partial charge is 0.307 e. The lowest BCUT2D eigenvalue weighted by molar-refractivity contribution is -0.137. The molecule has 1 aromatic carbocycles. The van der Waals surface area contributed by atoms with Crippen molar-refractivity contribution in [3.05, 3.63) is 52.6 Å². The van der Waals surface area contributed by atoms with Gasteiger partial charge in [-0.05, 0) is 50.3 Å². The molecular formula is C18H22O3S. The molecule has 0 amide bonds. The van der Waals surface area contributed by atoms with Crippen LogP contribution >= 0.6 is 0 Å². The van der Waals surface area contributed by atoms with E-state index in [0.717, 1.165) is 41.1 Å². The summed E-state index contributed by atoms with van der Waals surface area (Å²) >= 11 is 0. The summed E-state index contributed by atoms with van der Waals surface area (Å²) in [4.78, 5) is 11.8. The number of ether oxygens (including phenoxy) is 1. The highest BCUT2D eigenvalue weighted by Crippen LogP contribution is 2.34. The fraction of sp³-hybridized carbons (Fsp3) is 0.389. The second kappa shape index (κ2) is 7.54. The minimum atomic E-state index is -1.10. The number of benzene rings is 1. The maximum atomic E-state index is 12.2. The van der Waals surface area contributed by atoms with Gasteiger partial charge in [-0.1, -0.05) is 23.8 Å². The topological polar surface area (TPSA) is 43.4 Å². The second-order valence-corrected chi connectivity index (χ2v) is 6.99. The molecule has 0 saturated heterocycles. The van der Waals surface area contributed by atoms with Gasteiger partial charge in [-0.2, -0.15) is 0 Å². The van der Waals surface area contributed by atoms with Crippen LogP contribution in [0.5, 0.6) is 0 Å². The summed E-state index contributed by atoms with van der Waals surface area (Å²) in [7, 11) is -1.10. The summed E-state index contributed by atoms with van der Waals surface area (Å²) in [5.41, 5.74) is 2.30. The molecule has 0 aromatic heterocycles. The SMILES string of the molecule is CC(=O)OC1=C(C)[C@@H](C/C=C/[S@](=O)c2ccc(C)cc2)CC1. The Morgan fingerprint density at radius 3 is 2.64 bits per heavy atom. The molecule has 118 valence electrons. The first-order valence-corrected chi connectivity index (χ1v) is 8.70. The first kappa shape index (κ1) is 16.7. The molecule has 2 rings (SSSR count). The molecule has 2 atom stereocenters. The van der Waals surface area contributed by atoms with Crippen LogP contribution < -0.4 is 0 Å². The summed E-state index contributed by atoms with van der Waals surface area (Å²) in [6.07, 6.45) is 4.59. The van der Waals surface area contributed by atoms with Gasteiger partial charge >= 0.3 is 5.97 Å². The van der Waals surface area contributed by atoms with E-state index in [0.29, 0.717) is 5.92 Å². The number of carbonyl (C=O) groups excluding carboxylic acids is 1. The molecule has 0 bridgehead atoms. The molecule has 0 unspecified atom stereocenters. The highest BCUT2D eigenvalue weighted by Gasteiger charge is 2.23. The Morgan fingerprint density at radius 1 is 1.32 bits per heavy atom. The van der Waals surface area contributed by atoms with Crippen molar-refractivity contribution in [2.45, 2.75) is 44.9 Å². The fourth-order valence-corrected chi connectivity index (χ4v) is 3.45. The molecule has 4 heteroatoms. The second-order valence-electron chi connectivity index (χ2n) is 5.65. The van der Waals surface area contributed by atoms with Gasteiger partial charge < -0.3 is 4.74 Å². The van der Waals surface area contributed by atoms with Crippen molar-refractivity contribution in [3.8, 4) is 0 Å². The van der Waals surface area contributed by atoms with Crippen LogP contribution in [0.15, 0.2) is 52.0 Å². The van der Waals surface area contributed by atoms with E-state index in [-0.39, 0.29) is 5.97 Å². The van der Waals surface area contributed by atoms with Gasteiger partial charge in [0.2, 0.25) is 0 Å². The Balaban J connectivity index is 1.93. The van der Waals surface area contributed by atoms with Crippen LogP contribution in [-0.2, 0) is 20.3 Å². The third-order valence-corrected chi connectivity index (χ3v) is 5.11. The molecule has 0 radical (unpaired) electrons. The van der Waals surface area contributed by atoms with Crippen molar-refractivity contribution in [1.29, 1.82) is 0 Å². The van der Waals surface area contributed by atoms with Crippen LogP contribution in [0.1, 0.15) is 38.7 Å². The van der Waals surface area contributed by atoms with Crippen LogP contribution in [0, 0.1) is 12.8 Å². The standard InChI is InChI=1S/C18H22O3S/c1-13-6-9-17(10-7-13)22(20)12-4-5-16-8-11-18(14(16)2)21-15(3)19/h4,6-7,9-10,12,16H,5,8,11H2,1-3H3/b12-4+/t16-,22-/m0/s1. The Labute approximate surface area is 134 Å². The number of allylic oxidation sites excluding steroid dienone is 3. The molecule has 0 aliphatic heterocycles. The predicted octanol–water partition coefficient (Wildman–Crippen LogP) is 4.25. The molecular weight excluding hydrogens is 296 g/mol. The molecule has 0 fully saturated rings. The number of esters is 1. The van der Waals surface area contributed by atoms with Gasteiger partial charge in [0.05, 0.1) is 10.8 Å². The molecule has 0 N–H and O–H groups in total. The van der Waals surface area contributed by atoms with Crippen LogP contribution in [0.4, 0.5) is 0 Å². The Kier molecular flexibility index (Phi) is 5.72. The summed E-state index contributed by atoms with van der Waals surface area (Å²) in [5.74, 6) is 0.928. The molecule has 0 saturated carbocycles. The minimum absolute atomic E-state index is 0.258. The van der Waals surface area contributed by atoms with Crippen molar-refractivity contribution >= 4 is 16.8 Å². The van der Waals surface area contributed by atoms with Gasteiger partial charge in [0.1, 0.15) is 5.76 Å². The van der Waals surface area contributed by atoms with E-state index in [4.69, 9.17) is 4.74 Å². The number of carbonyl (C=O) groups is 1. The maximum Gasteiger partial charge on any atom is 0.307 e. The van der Waals surface area contributed by atoms with Crippen LogP contribution in [0.25, 0.3) is 0 Å². The number of hydrogen-bond acceptors (Lipinski definition) is 3. The molecule has 3 nitrogen and oxygen atoms in total. The Hall–Kier alpha value is -1.68. The largest absolute Gasteiger partial charge is 0.431 e. The minimum Gasteiger partial charge on any atom is -0.431 e. The molecule has 0 spiro atoms. The lowest BCUT2D eigenvalue weighted by atomic mass is 9.99. The zero-order chi connectivity index (χ0) is 16.1. The first-order chi connectivity index (χ1) is 10.5. The molecule has 22 heavy (non-hydrogen) atoms. The quantitative estimate of drug-likeness (QED) is 0.762. The van der Waals surface area contributed by atoms with Crippen LogP contribution in [0.2, 0.25) is 0 Å². The highest BCUT2D eigenvalue weighted by atomic mass is 32.2. The monoisotopic (exact) mass is 318 g/mol. The fourth-order valence-electron chi connectivity index (χ4n) is 2.60. The average molecular weight is 318 g/mol. The van der Waals surface area contributed by atoms with Crippen molar-refractivity contribution in [1.82, 2.24) is 0 Å². The van der Waals surface area contributed by atoms with Crippen molar-refractivity contribution < 1.29 is 13.7 Å². The molecule has 0 heterocycles. The number of aryl methyl sites for hydroxylation is 1. The van der Waals surface area contributed by atoms with Crippen molar-refractivity contribution in [2.24, 2.45) is 5.92 Å². The van der Waals surface area contributed by atoms with E-state index >= 15 is 0 Å². The molecule has 1 aromatic rings. The van der Waals surface area contributed by atoms with E-state index in [2.05, 4.69) is 0 Å². The van der Waals surface area contributed by atoms with Gasteiger partial charge in [0.25, 0.3) is 0 Å². The average Bonchev–Trinajstić information content (AvgIpc) is 2.80. The highest BCUT2D eigenvalue weighted by molar-refractivity contribution is 7.88. The first-order valence-electron chi connectivity index (χ1n) is 7.49. The third kappa shape index (κ3) is 4.41. The predicted molar refractivity (Wildman–Crippen MR) is 88.5 cm³/mol. The number of hydrogen-bond donors (Lipinski definition) is 0. The Morgan fingerprint density at radius 2 is 2.00 bits per heavy atom. The molecule has 1 aliphatic carbocycles. The lowest BCUT2D eigenvalue weighted by Gasteiger charge is -2.08. The number of rotatable bonds is 5. The van der Waals surface area contributed by atoms with Crippen molar-refractivity contribution in [2.75, 3.05) is 0 Å². The zero-order valence-corrected chi connectivity index (χ0v) is 14.1. The third-order valence-electron chi connectivity index (χ3n) is 3.93. The summed E-state index contributed by atoms with van der Waals surface area (Å²) < 4.78 is 17.4. The van der Waals surface area contributed by atoms with Crippen LogP contribution in [-0.4, -0.2) is 10.2 Å². The van der Waals surface area contributed by atoms with Gasteiger partial charge in [-0.3, -0.25) is 4.79 Å². The van der Waals surface area contributed by atoms with Gasteiger partial charge in [-0.25, -0.2) is 4.21 Å².